The highest BCUT2D eigenvalue weighted by Crippen LogP contribution is 2.43. The highest BCUT2D eigenvalue weighted by Gasteiger charge is 2.31. The van der Waals surface area contributed by atoms with Crippen LogP contribution in [-0.2, 0) is 9.36 Å². The molecule has 0 unspecified atom stereocenters. The molecule has 0 aromatic heterocycles. The Balaban J connectivity index is 0.000000921. The molecule has 0 radical (unpaired) electrons. The van der Waals surface area contributed by atoms with Crippen molar-refractivity contribution in [2.75, 3.05) is 0 Å². The van der Waals surface area contributed by atoms with Gasteiger partial charge < -0.3 is 4.57 Å². The van der Waals surface area contributed by atoms with E-state index in [9.17, 15) is 9.36 Å². The average molecular weight is 304 g/mol. The quantitative estimate of drug-likeness (QED) is 0.777. The van der Waals surface area contributed by atoms with Gasteiger partial charge >= 0.3 is 0 Å². The SMILES string of the molecule is CC.CC.CC(=O)P(=O)(c1ccccc1)c1ccccc1. The fraction of sp³-hybridized carbons (Fsp3) is 0.278. The molecule has 0 spiro atoms. The van der Waals surface area contributed by atoms with E-state index < -0.39 is 7.14 Å². The maximum atomic E-state index is 13.0. The van der Waals surface area contributed by atoms with E-state index in [1.807, 2.05) is 39.8 Å². The van der Waals surface area contributed by atoms with Crippen molar-refractivity contribution in [1.82, 2.24) is 0 Å². The molecule has 2 rings (SSSR count). The predicted molar refractivity (Wildman–Crippen MR) is 93.1 cm³/mol. The van der Waals surface area contributed by atoms with Gasteiger partial charge in [-0.1, -0.05) is 88.4 Å². The van der Waals surface area contributed by atoms with Crippen LogP contribution in [-0.4, -0.2) is 5.52 Å². The number of hydrogen-bond donors (Lipinski definition) is 0. The normalized spacial score (nSPS) is 9.57. The molecule has 2 aromatic rings. The molecule has 0 aliphatic rings. The first kappa shape index (κ1) is 19.3. The van der Waals surface area contributed by atoms with Gasteiger partial charge in [-0.2, -0.15) is 0 Å². The zero-order chi connectivity index (χ0) is 16.3. The largest absolute Gasteiger partial charge is 0.306 e. The van der Waals surface area contributed by atoms with E-state index in [0.29, 0.717) is 10.6 Å². The first-order valence-corrected chi connectivity index (χ1v) is 9.09. The lowest BCUT2D eigenvalue weighted by Crippen LogP contribution is -2.20. The van der Waals surface area contributed by atoms with Crippen molar-refractivity contribution in [2.24, 2.45) is 0 Å². The molecule has 0 saturated heterocycles. The van der Waals surface area contributed by atoms with Crippen molar-refractivity contribution in [2.45, 2.75) is 34.6 Å². The first-order chi connectivity index (χ1) is 10.2. The van der Waals surface area contributed by atoms with Crippen molar-refractivity contribution >= 4 is 23.3 Å². The molecule has 0 amide bonds. The van der Waals surface area contributed by atoms with Gasteiger partial charge in [0, 0.05) is 17.5 Å². The lowest BCUT2D eigenvalue weighted by Gasteiger charge is -2.15. The molecular formula is C18H25O2P. The summed E-state index contributed by atoms with van der Waals surface area (Å²) in [4.78, 5) is 11.8. The Kier molecular flexibility index (Phi) is 9.32. The summed E-state index contributed by atoms with van der Waals surface area (Å²) in [5.74, 6) is 0. The Morgan fingerprint density at radius 3 is 1.24 bits per heavy atom. The van der Waals surface area contributed by atoms with Crippen LogP contribution in [0.2, 0.25) is 0 Å². The molecule has 0 N–H and O–H groups in total. The third-order valence-corrected chi connectivity index (χ3v) is 5.62. The highest BCUT2D eigenvalue weighted by atomic mass is 31.2. The number of carbonyl (C=O) groups is 1. The fourth-order valence-corrected chi connectivity index (χ4v) is 4.00. The lowest BCUT2D eigenvalue weighted by atomic mass is 10.4. The van der Waals surface area contributed by atoms with Gasteiger partial charge in [-0.25, -0.2) is 0 Å². The summed E-state index contributed by atoms with van der Waals surface area (Å²) in [6.45, 7) is 9.39. The van der Waals surface area contributed by atoms with Gasteiger partial charge in [-0.3, -0.25) is 4.79 Å². The molecule has 0 atom stereocenters. The molecular weight excluding hydrogens is 279 g/mol. The minimum absolute atomic E-state index is 0.282. The third kappa shape index (κ3) is 4.68. The van der Waals surface area contributed by atoms with Gasteiger partial charge in [-0.15, -0.1) is 0 Å². The van der Waals surface area contributed by atoms with E-state index >= 15 is 0 Å². The molecule has 0 bridgehead atoms. The molecule has 2 nitrogen and oxygen atoms in total. The topological polar surface area (TPSA) is 34.1 Å². The fourth-order valence-electron chi connectivity index (χ4n) is 1.79. The second kappa shape index (κ2) is 10.1. The standard InChI is InChI=1S/C14H13O2P.2C2H6/c1-12(15)17(16,13-8-4-2-5-9-13)14-10-6-3-7-11-14;2*1-2/h2-11H,1H3;2*1-2H3. The Morgan fingerprint density at radius 2 is 1.00 bits per heavy atom. The van der Waals surface area contributed by atoms with Crippen molar-refractivity contribution in [1.29, 1.82) is 0 Å². The van der Waals surface area contributed by atoms with Gasteiger partial charge in [0.1, 0.15) is 0 Å². The minimum Gasteiger partial charge on any atom is -0.306 e. The van der Waals surface area contributed by atoms with Crippen LogP contribution < -0.4 is 10.6 Å². The van der Waals surface area contributed by atoms with Gasteiger partial charge in [0.25, 0.3) is 0 Å². The van der Waals surface area contributed by atoms with Crippen LogP contribution in [0.3, 0.4) is 0 Å². The monoisotopic (exact) mass is 304 g/mol. The van der Waals surface area contributed by atoms with Crippen molar-refractivity contribution in [3.05, 3.63) is 60.7 Å². The second-order valence-electron chi connectivity index (χ2n) is 3.80. The molecule has 0 fully saturated rings. The first-order valence-electron chi connectivity index (χ1n) is 7.38. The second-order valence-corrected chi connectivity index (χ2v) is 6.68. The zero-order valence-electron chi connectivity index (χ0n) is 13.5. The predicted octanol–water partition coefficient (Wildman–Crippen LogP) is 4.60. The summed E-state index contributed by atoms with van der Waals surface area (Å²) in [5.41, 5.74) is -0.282. The maximum Gasteiger partial charge on any atom is 0.204 e. The summed E-state index contributed by atoms with van der Waals surface area (Å²) in [6.07, 6.45) is 0. The highest BCUT2D eigenvalue weighted by molar-refractivity contribution is 7.92. The van der Waals surface area contributed by atoms with Crippen LogP contribution in [0.4, 0.5) is 0 Å². The lowest BCUT2D eigenvalue weighted by molar-refractivity contribution is -0.109. The van der Waals surface area contributed by atoms with E-state index in [1.165, 1.54) is 6.92 Å². The molecule has 2 aromatic carbocycles. The van der Waals surface area contributed by atoms with E-state index in [-0.39, 0.29) is 5.52 Å². The van der Waals surface area contributed by atoms with Gasteiger partial charge in [-0.05, 0) is 0 Å². The Labute approximate surface area is 128 Å². The number of benzene rings is 2. The summed E-state index contributed by atoms with van der Waals surface area (Å²) in [6, 6.07) is 17.9. The summed E-state index contributed by atoms with van der Waals surface area (Å²) in [7, 11) is -3.13. The number of hydrogen-bond acceptors (Lipinski definition) is 2. The molecule has 0 heterocycles. The molecule has 21 heavy (non-hydrogen) atoms. The Hall–Kier alpha value is -1.66. The zero-order valence-corrected chi connectivity index (χ0v) is 14.4. The summed E-state index contributed by atoms with van der Waals surface area (Å²) in [5, 5.41) is 1.19. The molecule has 114 valence electrons. The van der Waals surface area contributed by atoms with Crippen molar-refractivity contribution in [3.63, 3.8) is 0 Å². The van der Waals surface area contributed by atoms with Gasteiger partial charge in [0.05, 0.1) is 0 Å². The van der Waals surface area contributed by atoms with Crippen LogP contribution in [0.15, 0.2) is 60.7 Å². The van der Waals surface area contributed by atoms with Gasteiger partial charge in [0.2, 0.25) is 7.14 Å². The maximum absolute atomic E-state index is 13.0. The van der Waals surface area contributed by atoms with Crippen LogP contribution in [0.1, 0.15) is 34.6 Å². The Bertz CT molecular complexity index is 519. The molecule has 0 aliphatic heterocycles. The summed E-state index contributed by atoms with van der Waals surface area (Å²) >= 11 is 0. The smallest absolute Gasteiger partial charge is 0.204 e. The van der Waals surface area contributed by atoms with Gasteiger partial charge in [0.15, 0.2) is 5.52 Å². The summed E-state index contributed by atoms with van der Waals surface area (Å²) < 4.78 is 13.0. The van der Waals surface area contributed by atoms with Crippen LogP contribution in [0.25, 0.3) is 0 Å². The van der Waals surface area contributed by atoms with Crippen LogP contribution in [0.5, 0.6) is 0 Å². The molecule has 0 aliphatic carbocycles. The number of carbonyl (C=O) groups excluding carboxylic acids is 1. The van der Waals surface area contributed by atoms with Crippen molar-refractivity contribution < 1.29 is 9.36 Å². The molecule has 3 heteroatoms. The third-order valence-electron chi connectivity index (χ3n) is 2.68. The molecule has 0 saturated carbocycles. The average Bonchev–Trinajstić information content (AvgIpc) is 2.59. The Morgan fingerprint density at radius 1 is 0.714 bits per heavy atom. The number of rotatable bonds is 3. The van der Waals surface area contributed by atoms with E-state index in [1.54, 1.807) is 48.5 Å². The van der Waals surface area contributed by atoms with Crippen LogP contribution >= 0.6 is 7.14 Å². The van der Waals surface area contributed by atoms with E-state index in [0.717, 1.165) is 0 Å². The van der Waals surface area contributed by atoms with Crippen molar-refractivity contribution in [3.8, 4) is 0 Å². The minimum atomic E-state index is -3.13. The van der Waals surface area contributed by atoms with Crippen LogP contribution in [0, 0.1) is 0 Å². The van der Waals surface area contributed by atoms with E-state index in [2.05, 4.69) is 0 Å². The van der Waals surface area contributed by atoms with E-state index in [4.69, 9.17) is 0 Å².